The van der Waals surface area contributed by atoms with Crippen molar-refractivity contribution in [2.75, 3.05) is 23.0 Å². The summed E-state index contributed by atoms with van der Waals surface area (Å²) in [6.07, 6.45) is -1.32. The fraction of sp³-hybridized carbons (Fsp3) is 0.171. The van der Waals surface area contributed by atoms with E-state index in [-0.39, 0.29) is 33.6 Å². The van der Waals surface area contributed by atoms with Gasteiger partial charge in [0, 0.05) is 24.0 Å². The van der Waals surface area contributed by atoms with Gasteiger partial charge in [0.15, 0.2) is 30.2 Å². The van der Waals surface area contributed by atoms with Crippen LogP contribution in [0.25, 0.3) is 0 Å². The summed E-state index contributed by atoms with van der Waals surface area (Å²) in [5, 5.41) is 20.7. The van der Waals surface area contributed by atoms with Gasteiger partial charge in [-0.2, -0.15) is 10.5 Å². The van der Waals surface area contributed by atoms with Gasteiger partial charge in [0.1, 0.15) is 11.6 Å². The first-order valence-electron chi connectivity index (χ1n) is 17.0. The summed E-state index contributed by atoms with van der Waals surface area (Å²) < 4.78 is 36.4. The van der Waals surface area contributed by atoms with Gasteiger partial charge in [-0.3, -0.25) is 38.6 Å². The van der Waals surface area contributed by atoms with Crippen LogP contribution in [0.2, 0.25) is 0 Å². The van der Waals surface area contributed by atoms with E-state index in [9.17, 15) is 57.7 Å². The van der Waals surface area contributed by atoms with Crippen molar-refractivity contribution in [3.63, 3.8) is 0 Å². The van der Waals surface area contributed by atoms with Crippen molar-refractivity contribution in [3.05, 3.63) is 131 Å². The second-order valence-corrected chi connectivity index (χ2v) is 12.8. The molecule has 2 heterocycles. The highest BCUT2D eigenvalue weighted by Crippen LogP contribution is 2.47. The van der Waals surface area contributed by atoms with Crippen LogP contribution in [0.5, 0.6) is 0 Å². The zero-order chi connectivity index (χ0) is 41.0. The lowest BCUT2D eigenvalue weighted by Crippen LogP contribution is -2.44. The molecular formula is C41H26F2N4O10. The zero-order valence-electron chi connectivity index (χ0n) is 29.3. The summed E-state index contributed by atoms with van der Waals surface area (Å²) in [7, 11) is 0. The molecule has 0 N–H and O–H groups in total. The Morgan fingerprint density at radius 3 is 1.19 bits per heavy atom. The summed E-state index contributed by atoms with van der Waals surface area (Å²) in [5.74, 6) is -11.1. The molecule has 2 aliphatic rings. The Hall–Kier alpha value is -7.72. The minimum absolute atomic E-state index is 0.0369. The van der Waals surface area contributed by atoms with Crippen molar-refractivity contribution in [2.24, 2.45) is 17.3 Å². The molecule has 0 bridgehead atoms. The number of ether oxygens (including phenoxy) is 2. The number of benzene rings is 4. The number of carbonyl (C=O) groups is 8. The van der Waals surface area contributed by atoms with E-state index in [2.05, 4.69) is 0 Å². The molecule has 2 aliphatic heterocycles. The minimum Gasteiger partial charge on any atom is -0.454 e. The summed E-state index contributed by atoms with van der Waals surface area (Å²) in [5.41, 5.74) is -2.41. The number of hydrogen-bond acceptors (Lipinski definition) is 12. The Bertz CT molecular complexity index is 2250. The Balaban J connectivity index is 1.11. The van der Waals surface area contributed by atoms with Crippen LogP contribution in [-0.2, 0) is 28.7 Å². The van der Waals surface area contributed by atoms with Crippen LogP contribution < -0.4 is 9.80 Å². The number of imide groups is 2. The summed E-state index contributed by atoms with van der Waals surface area (Å²) in [4.78, 5) is 105. The normalized spacial score (nSPS) is 16.6. The smallest absolute Gasteiger partial charge is 0.338 e. The molecule has 4 aromatic carbocycles. The molecule has 0 spiro atoms. The van der Waals surface area contributed by atoms with Crippen LogP contribution in [-0.4, -0.2) is 60.3 Å². The maximum Gasteiger partial charge on any atom is 0.338 e. The molecule has 2 saturated heterocycles. The number of nitriles is 2. The van der Waals surface area contributed by atoms with Crippen molar-refractivity contribution in [3.8, 4) is 12.1 Å². The van der Waals surface area contributed by atoms with Crippen molar-refractivity contribution < 1.29 is 56.6 Å². The molecule has 0 radical (unpaired) electrons. The molecule has 2 atom stereocenters. The van der Waals surface area contributed by atoms with Crippen LogP contribution in [0.4, 0.5) is 20.2 Å². The number of carbonyl (C=O) groups excluding carboxylic acids is 8. The number of anilines is 2. The third-order valence-corrected chi connectivity index (χ3v) is 9.49. The van der Waals surface area contributed by atoms with Gasteiger partial charge in [-0.15, -0.1) is 0 Å². The van der Waals surface area contributed by atoms with E-state index in [1.165, 1.54) is 72.8 Å². The van der Waals surface area contributed by atoms with Crippen LogP contribution in [0, 0.1) is 51.5 Å². The first kappa shape index (κ1) is 39.0. The highest BCUT2D eigenvalue weighted by molar-refractivity contribution is 6.24. The molecule has 284 valence electrons. The van der Waals surface area contributed by atoms with Gasteiger partial charge in [-0.05, 0) is 97.1 Å². The largest absolute Gasteiger partial charge is 0.454 e. The molecule has 6 rings (SSSR count). The van der Waals surface area contributed by atoms with E-state index < -0.39 is 102 Å². The lowest BCUT2D eigenvalue weighted by Gasteiger charge is -2.28. The van der Waals surface area contributed by atoms with Gasteiger partial charge in [0.2, 0.25) is 23.6 Å². The highest BCUT2D eigenvalue weighted by Gasteiger charge is 2.62. The molecule has 2 unspecified atom stereocenters. The van der Waals surface area contributed by atoms with E-state index in [0.717, 1.165) is 24.3 Å². The molecular weight excluding hydrogens is 746 g/mol. The number of rotatable bonds is 12. The Labute approximate surface area is 321 Å². The van der Waals surface area contributed by atoms with Gasteiger partial charge in [0.25, 0.3) is 0 Å². The van der Waals surface area contributed by atoms with Gasteiger partial charge >= 0.3 is 11.9 Å². The molecule has 57 heavy (non-hydrogen) atoms. The number of Topliss-reactive ketones (excluding diaryl/α,β-unsaturated/α-hetero) is 2. The summed E-state index contributed by atoms with van der Waals surface area (Å²) >= 11 is 0. The number of ketones is 2. The molecule has 0 saturated carbocycles. The zero-order valence-corrected chi connectivity index (χ0v) is 29.3. The number of hydrogen-bond donors (Lipinski definition) is 0. The van der Waals surface area contributed by atoms with E-state index in [4.69, 9.17) is 9.47 Å². The molecule has 4 aromatic rings. The quantitative estimate of drug-likeness (QED) is 0.110. The average molecular weight is 773 g/mol. The van der Waals surface area contributed by atoms with Crippen LogP contribution in [0.3, 0.4) is 0 Å². The van der Waals surface area contributed by atoms with Crippen molar-refractivity contribution in [2.45, 2.75) is 12.8 Å². The summed E-state index contributed by atoms with van der Waals surface area (Å²) in [6, 6.07) is 22.5. The third kappa shape index (κ3) is 7.65. The standard InChI is InChI=1S/C41H26F2N4O10/c42-27-9-1-23(2-10-27)33(48)19-56-39(54)25-5-13-29(14-6-25)46-35(50)17-31(37(46)52)41(21-44,22-45)32-18-36(51)47(38(32)53)30-15-7-26(8-16-30)40(55)57-20-34(49)24-3-11-28(43)12-4-24/h1-16,31-32H,17-20H2. The minimum atomic E-state index is -2.47. The van der Waals surface area contributed by atoms with Crippen LogP contribution in [0.15, 0.2) is 97.1 Å². The fourth-order valence-corrected chi connectivity index (χ4v) is 6.46. The van der Waals surface area contributed by atoms with E-state index in [1.807, 2.05) is 0 Å². The van der Waals surface area contributed by atoms with Crippen LogP contribution >= 0.6 is 0 Å². The maximum atomic E-state index is 13.8. The van der Waals surface area contributed by atoms with Gasteiger partial charge < -0.3 is 9.47 Å². The average Bonchev–Trinajstić information content (AvgIpc) is 3.69. The Kier molecular flexibility index (Phi) is 10.9. The van der Waals surface area contributed by atoms with E-state index in [1.54, 1.807) is 12.1 Å². The number of esters is 2. The molecule has 4 amide bonds. The predicted octanol–water partition coefficient (Wildman–Crippen LogP) is 4.54. The number of halogens is 2. The van der Waals surface area contributed by atoms with Crippen molar-refractivity contribution in [1.82, 2.24) is 0 Å². The van der Waals surface area contributed by atoms with Crippen LogP contribution in [0.1, 0.15) is 54.3 Å². The maximum absolute atomic E-state index is 13.8. The fourth-order valence-electron chi connectivity index (χ4n) is 6.46. The van der Waals surface area contributed by atoms with E-state index in [0.29, 0.717) is 9.80 Å². The molecule has 14 nitrogen and oxygen atoms in total. The molecule has 2 fully saturated rings. The molecule has 16 heteroatoms. The highest BCUT2D eigenvalue weighted by atomic mass is 19.1. The lowest BCUT2D eigenvalue weighted by molar-refractivity contribution is -0.126. The monoisotopic (exact) mass is 772 g/mol. The molecule has 0 aliphatic carbocycles. The Morgan fingerprint density at radius 1 is 0.561 bits per heavy atom. The first-order valence-corrected chi connectivity index (χ1v) is 17.0. The third-order valence-electron chi connectivity index (χ3n) is 9.49. The first-order chi connectivity index (χ1) is 27.3. The summed E-state index contributed by atoms with van der Waals surface area (Å²) in [6.45, 7) is -1.29. The second-order valence-electron chi connectivity index (χ2n) is 12.8. The second kappa shape index (κ2) is 15.9. The lowest BCUT2D eigenvalue weighted by atomic mass is 9.67. The SMILES string of the molecule is N#CC(C#N)(C1CC(=O)N(c2ccc(C(=O)OCC(=O)c3ccc(F)cc3)cc2)C1=O)C1CC(=O)N(c2ccc(C(=O)OCC(=O)c3ccc(F)cc3)cc2)C1=O. The number of amides is 4. The van der Waals surface area contributed by atoms with Gasteiger partial charge in [-0.25, -0.2) is 18.4 Å². The van der Waals surface area contributed by atoms with Crippen molar-refractivity contribution in [1.29, 1.82) is 10.5 Å². The Morgan fingerprint density at radius 2 is 0.877 bits per heavy atom. The number of nitrogens with zero attached hydrogens (tertiary/aromatic N) is 4. The topological polar surface area (TPSA) is 209 Å². The van der Waals surface area contributed by atoms with E-state index >= 15 is 0 Å². The van der Waals surface area contributed by atoms with Crippen molar-refractivity contribution >= 4 is 58.5 Å². The molecule has 0 aromatic heterocycles. The van der Waals surface area contributed by atoms with Gasteiger partial charge in [0.05, 0.1) is 46.5 Å². The predicted molar refractivity (Wildman–Crippen MR) is 190 cm³/mol. The van der Waals surface area contributed by atoms with Gasteiger partial charge in [-0.1, -0.05) is 0 Å².